The van der Waals surface area contributed by atoms with Crippen LogP contribution in [0, 0.1) is 10.1 Å². The van der Waals surface area contributed by atoms with E-state index >= 15 is 0 Å². The van der Waals surface area contributed by atoms with Crippen LogP contribution in [0.4, 0.5) is 5.69 Å². The van der Waals surface area contributed by atoms with Crippen LogP contribution >= 0.6 is 11.6 Å². The van der Waals surface area contributed by atoms with Crippen LogP contribution in [0.15, 0.2) is 30.6 Å². The Bertz CT molecular complexity index is 668. The molecule has 0 N–H and O–H groups in total. The van der Waals surface area contributed by atoms with Crippen molar-refractivity contribution in [2.45, 2.75) is 6.54 Å². The van der Waals surface area contributed by atoms with Gasteiger partial charge in [-0.3, -0.25) is 14.8 Å². The van der Waals surface area contributed by atoms with Crippen molar-refractivity contribution >= 4 is 23.3 Å². The van der Waals surface area contributed by atoms with Crippen LogP contribution in [0.2, 0.25) is 5.02 Å². The molecule has 8 heteroatoms. The molecule has 0 aliphatic rings. The summed E-state index contributed by atoms with van der Waals surface area (Å²) in [5, 5.41) is 14.9. The Kier molecular flexibility index (Phi) is 3.99. The lowest BCUT2D eigenvalue weighted by Crippen LogP contribution is -2.05. The van der Waals surface area contributed by atoms with E-state index in [9.17, 15) is 14.9 Å². The van der Waals surface area contributed by atoms with Gasteiger partial charge in [-0.2, -0.15) is 5.10 Å². The maximum Gasteiger partial charge on any atom is 0.337 e. The number of hydrogen-bond donors (Lipinski definition) is 0. The minimum absolute atomic E-state index is 0.106. The molecule has 104 valence electrons. The van der Waals surface area contributed by atoms with Gasteiger partial charge < -0.3 is 4.74 Å². The molecule has 0 atom stereocenters. The summed E-state index contributed by atoms with van der Waals surface area (Å²) < 4.78 is 6.00. The van der Waals surface area contributed by atoms with Crippen molar-refractivity contribution in [2.24, 2.45) is 0 Å². The highest BCUT2D eigenvalue weighted by molar-refractivity contribution is 6.31. The monoisotopic (exact) mass is 295 g/mol. The van der Waals surface area contributed by atoms with Crippen molar-refractivity contribution in [1.29, 1.82) is 0 Å². The number of methoxy groups -OCH3 is 1. The van der Waals surface area contributed by atoms with Gasteiger partial charge in [0.15, 0.2) is 0 Å². The number of ether oxygens (including phenoxy) is 1. The molecule has 20 heavy (non-hydrogen) atoms. The molecule has 0 bridgehead atoms. The van der Waals surface area contributed by atoms with Crippen molar-refractivity contribution in [3.63, 3.8) is 0 Å². The number of esters is 1. The van der Waals surface area contributed by atoms with Crippen LogP contribution in [0.25, 0.3) is 0 Å². The smallest absolute Gasteiger partial charge is 0.337 e. The number of benzene rings is 1. The maximum absolute atomic E-state index is 11.4. The molecule has 0 unspecified atom stereocenters. The molecule has 2 aromatic rings. The summed E-state index contributed by atoms with van der Waals surface area (Å²) in [4.78, 5) is 21.5. The second-order valence-corrected chi connectivity index (χ2v) is 4.36. The van der Waals surface area contributed by atoms with Crippen molar-refractivity contribution < 1.29 is 14.5 Å². The zero-order valence-electron chi connectivity index (χ0n) is 10.4. The van der Waals surface area contributed by atoms with E-state index in [-0.39, 0.29) is 12.2 Å². The Morgan fingerprint density at radius 2 is 2.30 bits per heavy atom. The Balaban J connectivity index is 2.27. The highest BCUT2D eigenvalue weighted by Crippen LogP contribution is 2.20. The van der Waals surface area contributed by atoms with E-state index in [0.717, 1.165) is 6.20 Å². The van der Waals surface area contributed by atoms with Crippen LogP contribution in [0.1, 0.15) is 15.9 Å². The maximum atomic E-state index is 11.4. The third-order valence-corrected chi connectivity index (χ3v) is 3.00. The fraction of sp³-hybridized carbons (Fsp3) is 0.167. The molecule has 0 saturated heterocycles. The number of halogens is 1. The average molecular weight is 296 g/mol. The number of hydrogen-bond acceptors (Lipinski definition) is 5. The third kappa shape index (κ3) is 2.94. The van der Waals surface area contributed by atoms with Crippen LogP contribution in [-0.2, 0) is 11.3 Å². The topological polar surface area (TPSA) is 87.3 Å². The zero-order valence-corrected chi connectivity index (χ0v) is 11.2. The summed E-state index contributed by atoms with van der Waals surface area (Å²) in [6.45, 7) is 0.220. The first-order chi connectivity index (χ1) is 9.51. The Hall–Kier alpha value is -2.41. The molecule has 7 nitrogen and oxygen atoms in total. The minimum Gasteiger partial charge on any atom is -0.465 e. The average Bonchev–Trinajstić information content (AvgIpc) is 2.89. The third-order valence-electron chi connectivity index (χ3n) is 2.63. The Labute approximate surface area is 118 Å². The molecular weight excluding hydrogens is 286 g/mol. The van der Waals surface area contributed by atoms with Gasteiger partial charge in [0.25, 0.3) is 0 Å². The van der Waals surface area contributed by atoms with E-state index in [1.165, 1.54) is 18.0 Å². The largest absolute Gasteiger partial charge is 0.465 e. The predicted octanol–water partition coefficient (Wildman–Crippen LogP) is 2.28. The Morgan fingerprint density at radius 3 is 2.90 bits per heavy atom. The van der Waals surface area contributed by atoms with E-state index in [1.54, 1.807) is 18.2 Å². The Morgan fingerprint density at radius 1 is 1.55 bits per heavy atom. The first-order valence-electron chi connectivity index (χ1n) is 5.55. The first kappa shape index (κ1) is 14.0. The highest BCUT2D eigenvalue weighted by Gasteiger charge is 2.12. The molecule has 0 fully saturated rings. The molecule has 0 aliphatic heterocycles. The lowest BCUT2D eigenvalue weighted by Gasteiger charge is -2.06. The standard InChI is InChI=1S/C12H10ClN3O4/c1-20-12(17)8-2-3-11(13)9(4-8)6-15-7-10(5-14-15)16(18)19/h2-5,7H,6H2,1H3. The highest BCUT2D eigenvalue weighted by atomic mass is 35.5. The van der Waals surface area contributed by atoms with E-state index in [4.69, 9.17) is 11.6 Å². The fourth-order valence-electron chi connectivity index (χ4n) is 1.65. The number of nitro groups is 1. The molecule has 2 rings (SSSR count). The fourth-order valence-corrected chi connectivity index (χ4v) is 1.83. The van der Waals surface area contributed by atoms with E-state index in [1.807, 2.05) is 0 Å². The van der Waals surface area contributed by atoms with Gasteiger partial charge in [-0.1, -0.05) is 11.6 Å². The molecular formula is C12H10ClN3O4. The van der Waals surface area contributed by atoms with Crippen molar-refractivity contribution in [3.05, 3.63) is 56.9 Å². The van der Waals surface area contributed by atoms with E-state index < -0.39 is 10.9 Å². The molecule has 0 spiro atoms. The molecule has 1 aromatic carbocycles. The number of rotatable bonds is 4. The molecule has 0 aliphatic carbocycles. The summed E-state index contributed by atoms with van der Waals surface area (Å²) in [7, 11) is 1.29. The quantitative estimate of drug-likeness (QED) is 0.490. The summed E-state index contributed by atoms with van der Waals surface area (Å²) in [5.41, 5.74) is 0.867. The van der Waals surface area contributed by atoms with Gasteiger partial charge in [0, 0.05) is 5.02 Å². The van der Waals surface area contributed by atoms with E-state index in [2.05, 4.69) is 9.84 Å². The van der Waals surface area contributed by atoms with Crippen LogP contribution in [-0.4, -0.2) is 27.8 Å². The number of nitrogens with zero attached hydrogens (tertiary/aromatic N) is 3. The van der Waals surface area contributed by atoms with Crippen molar-refractivity contribution in [3.8, 4) is 0 Å². The molecule has 0 amide bonds. The summed E-state index contributed by atoms with van der Waals surface area (Å²) >= 11 is 6.04. The molecule has 0 saturated carbocycles. The van der Waals surface area contributed by atoms with Crippen LogP contribution in [0.5, 0.6) is 0 Å². The van der Waals surface area contributed by atoms with Crippen molar-refractivity contribution in [2.75, 3.05) is 7.11 Å². The first-order valence-corrected chi connectivity index (χ1v) is 5.92. The van der Waals surface area contributed by atoms with Gasteiger partial charge in [0.2, 0.25) is 0 Å². The molecule has 1 aromatic heterocycles. The second-order valence-electron chi connectivity index (χ2n) is 3.95. The lowest BCUT2D eigenvalue weighted by atomic mass is 10.1. The minimum atomic E-state index is -0.532. The summed E-state index contributed by atoms with van der Waals surface area (Å²) in [5.74, 6) is -0.477. The van der Waals surface area contributed by atoms with Gasteiger partial charge in [-0.25, -0.2) is 4.79 Å². The van der Waals surface area contributed by atoms with E-state index in [0.29, 0.717) is 16.1 Å². The van der Waals surface area contributed by atoms with Crippen LogP contribution < -0.4 is 0 Å². The second kappa shape index (κ2) is 5.70. The van der Waals surface area contributed by atoms with Gasteiger partial charge in [-0.15, -0.1) is 0 Å². The summed E-state index contributed by atoms with van der Waals surface area (Å²) in [6.07, 6.45) is 2.44. The predicted molar refractivity (Wildman–Crippen MR) is 70.8 cm³/mol. The summed E-state index contributed by atoms with van der Waals surface area (Å²) in [6, 6.07) is 4.69. The normalized spacial score (nSPS) is 10.3. The van der Waals surface area contributed by atoms with Crippen LogP contribution in [0.3, 0.4) is 0 Å². The number of carbonyl (C=O) groups is 1. The lowest BCUT2D eigenvalue weighted by molar-refractivity contribution is -0.385. The van der Waals surface area contributed by atoms with Gasteiger partial charge in [0.1, 0.15) is 12.4 Å². The van der Waals surface area contributed by atoms with Crippen molar-refractivity contribution in [1.82, 2.24) is 9.78 Å². The molecule has 1 heterocycles. The van der Waals surface area contributed by atoms with Gasteiger partial charge in [0.05, 0.1) is 24.1 Å². The number of aromatic nitrogens is 2. The SMILES string of the molecule is COC(=O)c1ccc(Cl)c(Cn2cc([N+](=O)[O-])cn2)c1. The number of carbonyl (C=O) groups excluding carboxylic acids is 1. The van der Waals surface area contributed by atoms with Gasteiger partial charge in [-0.05, 0) is 23.8 Å². The molecule has 0 radical (unpaired) electrons. The zero-order chi connectivity index (χ0) is 14.7. The van der Waals surface area contributed by atoms with Gasteiger partial charge >= 0.3 is 11.7 Å².